The second kappa shape index (κ2) is 4.77. The number of nitrogens with zero attached hydrogens (tertiary/aromatic N) is 1. The van der Waals surface area contributed by atoms with E-state index in [1.54, 1.807) is 6.20 Å². The molecule has 1 aromatic heterocycles. The van der Waals surface area contributed by atoms with Crippen LogP contribution in [0.15, 0.2) is 6.20 Å². The Hall–Kier alpha value is -0.590. The van der Waals surface area contributed by atoms with Crippen LogP contribution in [0.3, 0.4) is 0 Å². The Morgan fingerprint density at radius 1 is 1.64 bits per heavy atom. The molecule has 0 unspecified atom stereocenters. The molecule has 0 saturated carbocycles. The molecule has 0 amide bonds. The molecule has 2 N–H and O–H groups in total. The van der Waals surface area contributed by atoms with Crippen LogP contribution in [0.25, 0.3) is 0 Å². The molecule has 80 valence electrons. The van der Waals surface area contributed by atoms with Gasteiger partial charge in [0.25, 0.3) is 0 Å². The fourth-order valence-corrected chi connectivity index (χ4v) is 2.25. The first-order valence-electron chi connectivity index (χ1n) is 4.07. The number of nitrogens with one attached hydrogen (secondary N) is 2. The molecule has 1 aromatic rings. The van der Waals surface area contributed by atoms with Gasteiger partial charge < -0.3 is 0 Å². The Morgan fingerprint density at radius 3 is 2.86 bits per heavy atom. The Kier molecular flexibility index (Phi) is 3.91. The Bertz CT molecular complexity index is 387. The maximum atomic E-state index is 11.2. The third-order valence-corrected chi connectivity index (χ3v) is 3.50. The van der Waals surface area contributed by atoms with Gasteiger partial charge in [-0.05, 0) is 6.92 Å². The van der Waals surface area contributed by atoms with Crippen molar-refractivity contribution >= 4 is 21.6 Å². The summed E-state index contributed by atoms with van der Waals surface area (Å²) in [6.45, 7) is 2.08. The summed E-state index contributed by atoms with van der Waals surface area (Å²) < 4.78 is 24.9. The Morgan fingerprint density at radius 2 is 2.36 bits per heavy atom. The van der Waals surface area contributed by atoms with Gasteiger partial charge in [0.05, 0.1) is 11.9 Å². The summed E-state index contributed by atoms with van der Waals surface area (Å²) in [7, 11) is -3.25. The molecular weight excluding hydrogens is 226 g/mol. The standard InChI is InChI=1S/C7H12ClN3O2S/c1-6-7(4-9-11-6)5-10-14(12,13)3-2-8/h4,10H,2-3,5H2,1H3,(H,9,11). The second-order valence-corrected chi connectivity index (χ2v) is 5.15. The van der Waals surface area contributed by atoms with Crippen molar-refractivity contribution in [3.63, 3.8) is 0 Å². The SMILES string of the molecule is Cc1[nH]ncc1CNS(=O)(=O)CCCl. The zero-order chi connectivity index (χ0) is 10.6. The number of rotatable bonds is 5. The van der Waals surface area contributed by atoms with Crippen LogP contribution in [0.5, 0.6) is 0 Å². The molecule has 14 heavy (non-hydrogen) atoms. The summed E-state index contributed by atoms with van der Waals surface area (Å²) >= 11 is 5.34. The van der Waals surface area contributed by atoms with Crippen molar-refractivity contribution in [2.75, 3.05) is 11.6 Å². The number of aromatic amines is 1. The van der Waals surface area contributed by atoms with Crippen molar-refractivity contribution in [3.05, 3.63) is 17.5 Å². The minimum atomic E-state index is -3.25. The van der Waals surface area contributed by atoms with E-state index in [1.807, 2.05) is 6.92 Å². The molecule has 0 aliphatic heterocycles. The predicted octanol–water partition coefficient (Wildman–Crippen LogP) is 0.376. The predicted molar refractivity (Wildman–Crippen MR) is 54.7 cm³/mol. The molecule has 0 bridgehead atoms. The minimum absolute atomic E-state index is 0.0640. The third-order valence-electron chi connectivity index (χ3n) is 1.76. The normalized spacial score (nSPS) is 11.9. The van der Waals surface area contributed by atoms with Crippen molar-refractivity contribution in [2.45, 2.75) is 13.5 Å². The summed E-state index contributed by atoms with van der Waals surface area (Å²) in [5.41, 5.74) is 1.70. The molecule has 0 spiro atoms. The molecular formula is C7H12ClN3O2S. The van der Waals surface area contributed by atoms with Crippen LogP contribution in [0.1, 0.15) is 11.3 Å². The summed E-state index contributed by atoms with van der Waals surface area (Å²) in [5.74, 6) is 0.0329. The molecule has 7 heteroatoms. The molecule has 0 aromatic carbocycles. The molecule has 1 heterocycles. The van der Waals surface area contributed by atoms with E-state index in [0.29, 0.717) is 0 Å². The van der Waals surface area contributed by atoms with Gasteiger partial charge in [0.15, 0.2) is 0 Å². The van der Waals surface area contributed by atoms with Crippen LogP contribution in [0, 0.1) is 6.92 Å². The number of sulfonamides is 1. The highest BCUT2D eigenvalue weighted by Gasteiger charge is 2.09. The van der Waals surface area contributed by atoms with Gasteiger partial charge in [-0.2, -0.15) is 5.10 Å². The zero-order valence-electron chi connectivity index (χ0n) is 7.75. The topological polar surface area (TPSA) is 74.8 Å². The van der Waals surface area contributed by atoms with E-state index in [4.69, 9.17) is 11.6 Å². The number of halogens is 1. The number of aromatic nitrogens is 2. The first-order valence-corrected chi connectivity index (χ1v) is 6.26. The molecule has 1 rings (SSSR count). The summed E-state index contributed by atoms with van der Waals surface area (Å²) in [6.07, 6.45) is 1.60. The van der Waals surface area contributed by atoms with Crippen LogP contribution >= 0.6 is 11.6 Å². The van der Waals surface area contributed by atoms with Crippen molar-refractivity contribution in [3.8, 4) is 0 Å². The summed E-state index contributed by atoms with van der Waals surface area (Å²) in [6, 6.07) is 0. The van der Waals surface area contributed by atoms with Crippen molar-refractivity contribution < 1.29 is 8.42 Å². The summed E-state index contributed by atoms with van der Waals surface area (Å²) in [4.78, 5) is 0. The number of hydrogen-bond acceptors (Lipinski definition) is 3. The molecule has 5 nitrogen and oxygen atoms in total. The highest BCUT2D eigenvalue weighted by molar-refractivity contribution is 7.89. The van der Waals surface area contributed by atoms with Gasteiger partial charge in [-0.15, -0.1) is 11.6 Å². The second-order valence-electron chi connectivity index (χ2n) is 2.85. The lowest BCUT2D eigenvalue weighted by molar-refractivity contribution is 0.582. The first-order chi connectivity index (χ1) is 6.55. The number of alkyl halides is 1. The molecule has 0 fully saturated rings. The van der Waals surface area contributed by atoms with Crippen molar-refractivity contribution in [2.24, 2.45) is 0 Å². The van der Waals surface area contributed by atoms with Crippen molar-refractivity contribution in [1.29, 1.82) is 0 Å². The number of H-pyrrole nitrogens is 1. The smallest absolute Gasteiger partial charge is 0.213 e. The van der Waals surface area contributed by atoms with Gasteiger partial charge in [-0.3, -0.25) is 5.10 Å². The monoisotopic (exact) mass is 237 g/mol. The lowest BCUT2D eigenvalue weighted by Gasteiger charge is -2.03. The van der Waals surface area contributed by atoms with Gasteiger partial charge >= 0.3 is 0 Å². The third kappa shape index (κ3) is 3.28. The van der Waals surface area contributed by atoms with E-state index in [0.717, 1.165) is 11.3 Å². The Labute approximate surface area is 87.9 Å². The van der Waals surface area contributed by atoms with Crippen LogP contribution in [0.4, 0.5) is 0 Å². The fraction of sp³-hybridized carbons (Fsp3) is 0.571. The van der Waals surface area contributed by atoms with E-state index >= 15 is 0 Å². The average molecular weight is 238 g/mol. The molecule has 0 aliphatic rings. The highest BCUT2D eigenvalue weighted by atomic mass is 35.5. The zero-order valence-corrected chi connectivity index (χ0v) is 9.32. The lowest BCUT2D eigenvalue weighted by atomic mass is 10.3. The maximum absolute atomic E-state index is 11.2. The van der Waals surface area contributed by atoms with E-state index in [9.17, 15) is 8.42 Å². The summed E-state index contributed by atoms with van der Waals surface area (Å²) in [5, 5.41) is 6.51. The van der Waals surface area contributed by atoms with Gasteiger partial charge in [-0.1, -0.05) is 0 Å². The van der Waals surface area contributed by atoms with Crippen LogP contribution in [-0.4, -0.2) is 30.2 Å². The van der Waals surface area contributed by atoms with Crippen LogP contribution in [-0.2, 0) is 16.6 Å². The van der Waals surface area contributed by atoms with Gasteiger partial charge in [0, 0.05) is 23.7 Å². The van der Waals surface area contributed by atoms with Crippen molar-refractivity contribution in [1.82, 2.24) is 14.9 Å². The van der Waals surface area contributed by atoms with E-state index in [2.05, 4.69) is 14.9 Å². The van der Waals surface area contributed by atoms with Crippen LogP contribution < -0.4 is 4.72 Å². The molecule has 0 aliphatic carbocycles. The molecule has 0 atom stereocenters. The molecule has 0 saturated heterocycles. The van der Waals surface area contributed by atoms with Gasteiger partial charge in [0.1, 0.15) is 0 Å². The number of hydrogen-bond donors (Lipinski definition) is 2. The quantitative estimate of drug-likeness (QED) is 0.727. The largest absolute Gasteiger partial charge is 0.283 e. The molecule has 0 radical (unpaired) electrons. The Balaban J connectivity index is 2.53. The highest BCUT2D eigenvalue weighted by Crippen LogP contribution is 2.02. The van der Waals surface area contributed by atoms with Gasteiger partial charge in [0.2, 0.25) is 10.0 Å². The van der Waals surface area contributed by atoms with Crippen LogP contribution in [0.2, 0.25) is 0 Å². The van der Waals surface area contributed by atoms with E-state index in [1.165, 1.54) is 0 Å². The van der Waals surface area contributed by atoms with E-state index in [-0.39, 0.29) is 18.2 Å². The maximum Gasteiger partial charge on any atom is 0.213 e. The lowest BCUT2D eigenvalue weighted by Crippen LogP contribution is -2.26. The van der Waals surface area contributed by atoms with E-state index < -0.39 is 10.0 Å². The fourth-order valence-electron chi connectivity index (χ4n) is 0.915. The number of aryl methyl sites for hydroxylation is 1. The minimum Gasteiger partial charge on any atom is -0.283 e. The van der Waals surface area contributed by atoms with Gasteiger partial charge in [-0.25, -0.2) is 13.1 Å². The first kappa shape index (κ1) is 11.5. The average Bonchev–Trinajstić information content (AvgIpc) is 2.48.